The SMILES string of the molecule is C=CC(C)(CCC=C(C)C)CC(=O)OC(=O)c1ccc2ccccc2c1. The molecule has 0 saturated carbocycles. The van der Waals surface area contributed by atoms with Crippen LogP contribution in [0.15, 0.2) is 66.8 Å². The summed E-state index contributed by atoms with van der Waals surface area (Å²) in [4.78, 5) is 24.6. The normalized spacial score (nSPS) is 12.9. The molecule has 2 rings (SSSR count). The topological polar surface area (TPSA) is 43.4 Å². The monoisotopic (exact) mass is 350 g/mol. The average molecular weight is 350 g/mol. The molecule has 0 amide bonds. The van der Waals surface area contributed by atoms with Crippen LogP contribution in [-0.4, -0.2) is 11.9 Å². The highest BCUT2D eigenvalue weighted by Crippen LogP contribution is 2.30. The van der Waals surface area contributed by atoms with E-state index in [4.69, 9.17) is 4.74 Å². The van der Waals surface area contributed by atoms with E-state index >= 15 is 0 Å². The van der Waals surface area contributed by atoms with E-state index in [-0.39, 0.29) is 6.42 Å². The molecular formula is C23H26O3. The van der Waals surface area contributed by atoms with Crippen LogP contribution in [-0.2, 0) is 9.53 Å². The van der Waals surface area contributed by atoms with Gasteiger partial charge in [0.15, 0.2) is 0 Å². The molecule has 0 aliphatic heterocycles. The van der Waals surface area contributed by atoms with Crippen LogP contribution >= 0.6 is 0 Å². The summed E-state index contributed by atoms with van der Waals surface area (Å²) in [5, 5.41) is 1.97. The molecule has 0 aromatic heterocycles. The molecule has 0 heterocycles. The highest BCUT2D eigenvalue weighted by molar-refractivity contribution is 6.00. The second-order valence-corrected chi connectivity index (χ2v) is 7.18. The molecule has 0 N–H and O–H groups in total. The van der Waals surface area contributed by atoms with E-state index in [1.54, 1.807) is 18.2 Å². The van der Waals surface area contributed by atoms with Crippen molar-refractivity contribution in [2.45, 2.75) is 40.0 Å². The number of hydrogen-bond acceptors (Lipinski definition) is 3. The molecule has 1 unspecified atom stereocenters. The first-order chi connectivity index (χ1) is 12.3. The minimum atomic E-state index is -0.614. The molecule has 3 heteroatoms. The lowest BCUT2D eigenvalue weighted by Gasteiger charge is -2.23. The number of allylic oxidation sites excluding steroid dienone is 3. The summed E-state index contributed by atoms with van der Waals surface area (Å²) in [6, 6.07) is 13.0. The summed E-state index contributed by atoms with van der Waals surface area (Å²) in [6.07, 6.45) is 5.67. The fraction of sp³-hybridized carbons (Fsp3) is 0.304. The first-order valence-corrected chi connectivity index (χ1v) is 8.84. The van der Waals surface area contributed by atoms with Crippen LogP contribution in [0.2, 0.25) is 0 Å². The number of ether oxygens (including phenoxy) is 1. The molecule has 3 nitrogen and oxygen atoms in total. The average Bonchev–Trinajstić information content (AvgIpc) is 2.60. The molecule has 2 aromatic carbocycles. The Morgan fingerprint density at radius 3 is 2.46 bits per heavy atom. The van der Waals surface area contributed by atoms with Crippen molar-refractivity contribution in [3.63, 3.8) is 0 Å². The smallest absolute Gasteiger partial charge is 0.345 e. The third-order valence-corrected chi connectivity index (χ3v) is 4.50. The minimum Gasteiger partial charge on any atom is -0.389 e. The zero-order chi connectivity index (χ0) is 19.2. The maximum Gasteiger partial charge on any atom is 0.345 e. The Hall–Kier alpha value is -2.68. The molecule has 2 aromatic rings. The zero-order valence-corrected chi connectivity index (χ0v) is 15.7. The number of benzene rings is 2. The summed E-state index contributed by atoms with van der Waals surface area (Å²) in [5.41, 5.74) is 1.22. The second-order valence-electron chi connectivity index (χ2n) is 7.18. The molecule has 0 radical (unpaired) electrons. The van der Waals surface area contributed by atoms with Gasteiger partial charge in [-0.15, -0.1) is 6.58 Å². The summed E-state index contributed by atoms with van der Waals surface area (Å²) in [5.74, 6) is -1.14. The van der Waals surface area contributed by atoms with Gasteiger partial charge >= 0.3 is 11.9 Å². The van der Waals surface area contributed by atoms with Crippen LogP contribution in [0.25, 0.3) is 10.8 Å². The standard InChI is InChI=1S/C23H26O3/c1-5-23(4,14-8-9-17(2)3)16-21(24)26-22(25)20-13-12-18-10-6-7-11-19(18)15-20/h5-7,9-13,15H,1,8,14,16H2,2-4H3. The van der Waals surface area contributed by atoms with Crippen molar-refractivity contribution >= 4 is 22.7 Å². The van der Waals surface area contributed by atoms with Gasteiger partial charge in [-0.25, -0.2) is 4.79 Å². The lowest BCUT2D eigenvalue weighted by atomic mass is 9.82. The van der Waals surface area contributed by atoms with Crippen molar-refractivity contribution in [2.75, 3.05) is 0 Å². The highest BCUT2D eigenvalue weighted by atomic mass is 16.6. The van der Waals surface area contributed by atoms with E-state index in [2.05, 4.69) is 12.7 Å². The van der Waals surface area contributed by atoms with Gasteiger partial charge in [0.25, 0.3) is 0 Å². The van der Waals surface area contributed by atoms with Crippen molar-refractivity contribution in [1.82, 2.24) is 0 Å². The predicted octanol–water partition coefficient (Wildman–Crippen LogP) is 5.85. The highest BCUT2D eigenvalue weighted by Gasteiger charge is 2.26. The number of fused-ring (bicyclic) bond motifs is 1. The molecule has 0 bridgehead atoms. The Kier molecular flexibility index (Phi) is 6.51. The van der Waals surface area contributed by atoms with E-state index in [1.165, 1.54) is 5.57 Å². The summed E-state index contributed by atoms with van der Waals surface area (Å²) in [7, 11) is 0. The lowest BCUT2D eigenvalue weighted by molar-refractivity contribution is -0.139. The van der Waals surface area contributed by atoms with Crippen LogP contribution < -0.4 is 0 Å². The van der Waals surface area contributed by atoms with Gasteiger partial charge in [0, 0.05) is 0 Å². The van der Waals surface area contributed by atoms with Gasteiger partial charge in [0.1, 0.15) is 0 Å². The molecule has 1 atom stereocenters. The minimum absolute atomic E-state index is 0.131. The molecule has 0 fully saturated rings. The maximum atomic E-state index is 12.3. The van der Waals surface area contributed by atoms with Crippen LogP contribution in [0.1, 0.15) is 50.4 Å². The lowest BCUT2D eigenvalue weighted by Crippen LogP contribution is -2.22. The van der Waals surface area contributed by atoms with Gasteiger partial charge in [0.05, 0.1) is 12.0 Å². The van der Waals surface area contributed by atoms with Crippen LogP contribution in [0.5, 0.6) is 0 Å². The third-order valence-electron chi connectivity index (χ3n) is 4.50. The Morgan fingerprint density at radius 1 is 1.12 bits per heavy atom. The van der Waals surface area contributed by atoms with Crippen molar-refractivity contribution in [2.24, 2.45) is 5.41 Å². The van der Waals surface area contributed by atoms with Crippen LogP contribution in [0.4, 0.5) is 0 Å². The maximum absolute atomic E-state index is 12.3. The number of carbonyl (C=O) groups excluding carboxylic acids is 2. The van der Waals surface area contributed by atoms with E-state index in [0.717, 1.165) is 23.6 Å². The number of carbonyl (C=O) groups is 2. The Labute approximate surface area is 155 Å². The van der Waals surface area contributed by atoms with Crippen LogP contribution in [0.3, 0.4) is 0 Å². The molecule has 0 aliphatic carbocycles. The molecular weight excluding hydrogens is 324 g/mol. The molecule has 26 heavy (non-hydrogen) atoms. The van der Waals surface area contributed by atoms with Crippen molar-refractivity contribution < 1.29 is 14.3 Å². The van der Waals surface area contributed by atoms with Gasteiger partial charge < -0.3 is 4.74 Å². The molecule has 0 spiro atoms. The first-order valence-electron chi connectivity index (χ1n) is 8.84. The first kappa shape index (κ1) is 19.6. The van der Waals surface area contributed by atoms with E-state index in [9.17, 15) is 9.59 Å². The van der Waals surface area contributed by atoms with Gasteiger partial charge in [0.2, 0.25) is 0 Å². The Bertz CT molecular complexity index is 843. The van der Waals surface area contributed by atoms with Gasteiger partial charge in [-0.3, -0.25) is 4.79 Å². The zero-order valence-electron chi connectivity index (χ0n) is 15.7. The summed E-state index contributed by atoms with van der Waals surface area (Å²) >= 11 is 0. The number of hydrogen-bond donors (Lipinski definition) is 0. The molecule has 136 valence electrons. The van der Waals surface area contributed by atoms with Crippen LogP contribution in [0, 0.1) is 5.41 Å². The fourth-order valence-corrected chi connectivity index (χ4v) is 2.80. The second kappa shape index (κ2) is 8.61. The quantitative estimate of drug-likeness (QED) is 0.357. The Morgan fingerprint density at radius 2 is 1.81 bits per heavy atom. The van der Waals surface area contributed by atoms with Crippen molar-refractivity contribution in [3.05, 3.63) is 72.3 Å². The summed E-state index contributed by atoms with van der Waals surface area (Å²) in [6.45, 7) is 9.89. The predicted molar refractivity (Wildman–Crippen MR) is 106 cm³/mol. The summed E-state index contributed by atoms with van der Waals surface area (Å²) < 4.78 is 5.07. The van der Waals surface area contributed by atoms with Crippen molar-refractivity contribution in [1.29, 1.82) is 0 Å². The molecule has 0 aliphatic rings. The van der Waals surface area contributed by atoms with Gasteiger partial charge in [-0.05, 0) is 55.0 Å². The largest absolute Gasteiger partial charge is 0.389 e. The van der Waals surface area contributed by atoms with Crippen molar-refractivity contribution in [3.8, 4) is 0 Å². The van der Waals surface area contributed by atoms with Gasteiger partial charge in [-0.2, -0.15) is 0 Å². The van der Waals surface area contributed by atoms with E-state index in [1.807, 2.05) is 51.1 Å². The number of esters is 2. The Balaban J connectivity index is 2.01. The van der Waals surface area contributed by atoms with Gasteiger partial charge in [-0.1, -0.05) is 55.0 Å². The third kappa shape index (κ3) is 5.41. The molecule has 0 saturated heterocycles. The number of rotatable bonds is 7. The fourth-order valence-electron chi connectivity index (χ4n) is 2.80. The van der Waals surface area contributed by atoms with E-state index in [0.29, 0.717) is 5.56 Å². The van der Waals surface area contributed by atoms with E-state index < -0.39 is 17.4 Å².